The van der Waals surface area contributed by atoms with Crippen LogP contribution in [-0.2, 0) is 6.42 Å². The maximum absolute atomic E-state index is 14.4. The lowest BCUT2D eigenvalue weighted by molar-refractivity contribution is 0.0506. The molecule has 2 aromatic carbocycles. The van der Waals surface area contributed by atoms with Crippen LogP contribution >= 0.6 is 0 Å². The molecular formula is C23H25FN4O2. The van der Waals surface area contributed by atoms with E-state index in [2.05, 4.69) is 15.5 Å². The zero-order chi connectivity index (χ0) is 21.3. The number of halogens is 1. The summed E-state index contributed by atoms with van der Waals surface area (Å²) in [6.07, 6.45) is 1.71. The van der Waals surface area contributed by atoms with Crippen LogP contribution in [0.3, 0.4) is 0 Å². The number of aliphatic hydroxyl groups excluding tert-OH is 1. The van der Waals surface area contributed by atoms with Crippen LogP contribution in [-0.4, -0.2) is 57.4 Å². The molecule has 0 saturated carbocycles. The summed E-state index contributed by atoms with van der Waals surface area (Å²) in [6, 6.07) is 12.5. The maximum atomic E-state index is 14.4. The molecule has 6 nitrogen and oxygen atoms in total. The average Bonchev–Trinajstić information content (AvgIpc) is 2.71. The molecule has 30 heavy (non-hydrogen) atoms. The van der Waals surface area contributed by atoms with Crippen molar-refractivity contribution in [2.24, 2.45) is 0 Å². The van der Waals surface area contributed by atoms with Gasteiger partial charge in [-0.1, -0.05) is 30.3 Å². The fraction of sp³-hybridized carbons (Fsp3) is 0.348. The van der Waals surface area contributed by atoms with Crippen molar-refractivity contribution >= 4 is 16.7 Å². The fourth-order valence-corrected chi connectivity index (χ4v) is 3.69. The number of nitrogens with one attached hydrogen (secondary N) is 1. The Morgan fingerprint density at radius 1 is 1.27 bits per heavy atom. The molecule has 0 aliphatic carbocycles. The number of aromatic nitrogens is 2. The second kappa shape index (κ2) is 8.45. The Bertz CT molecular complexity index is 1060. The summed E-state index contributed by atoms with van der Waals surface area (Å²) in [5, 5.41) is 23.2. The van der Waals surface area contributed by atoms with Crippen molar-refractivity contribution < 1.29 is 14.3 Å². The van der Waals surface area contributed by atoms with Crippen LogP contribution in [0.4, 0.5) is 4.39 Å². The largest absolute Gasteiger partial charge is 0.392 e. The second-order valence-electron chi connectivity index (χ2n) is 7.97. The molecule has 156 valence electrons. The van der Waals surface area contributed by atoms with Gasteiger partial charge < -0.3 is 15.3 Å². The van der Waals surface area contributed by atoms with E-state index in [4.69, 9.17) is 0 Å². The van der Waals surface area contributed by atoms with Crippen molar-refractivity contribution in [2.45, 2.75) is 38.5 Å². The summed E-state index contributed by atoms with van der Waals surface area (Å²) in [5.74, 6) is -0.845. The Morgan fingerprint density at radius 3 is 2.80 bits per heavy atom. The number of rotatable bonds is 6. The van der Waals surface area contributed by atoms with Crippen molar-refractivity contribution in [1.82, 2.24) is 20.4 Å². The average molecular weight is 408 g/mol. The van der Waals surface area contributed by atoms with E-state index in [9.17, 15) is 14.3 Å². The number of nitrogens with zero attached hydrogens (tertiary/aromatic N) is 3. The minimum Gasteiger partial charge on any atom is -0.392 e. The van der Waals surface area contributed by atoms with Crippen molar-refractivity contribution in [3.8, 4) is 0 Å². The van der Waals surface area contributed by atoms with Gasteiger partial charge in [-0.25, -0.2) is 4.39 Å². The predicted molar refractivity (Wildman–Crippen MR) is 113 cm³/mol. The van der Waals surface area contributed by atoms with Crippen molar-refractivity contribution in [3.63, 3.8) is 0 Å². The SMILES string of the molecule is CC(O)C(C)NC1CN(C(=O)c2cc(Cc3nncc4ccccc34)ccc2F)C1. The summed E-state index contributed by atoms with van der Waals surface area (Å²) >= 11 is 0. The van der Waals surface area contributed by atoms with Gasteiger partial charge in [-0.2, -0.15) is 10.2 Å². The van der Waals surface area contributed by atoms with Gasteiger partial charge in [-0.15, -0.1) is 0 Å². The lowest BCUT2D eigenvalue weighted by Crippen LogP contribution is -2.62. The van der Waals surface area contributed by atoms with Gasteiger partial charge in [-0.3, -0.25) is 4.79 Å². The highest BCUT2D eigenvalue weighted by molar-refractivity contribution is 5.95. The first kappa shape index (κ1) is 20.4. The van der Waals surface area contributed by atoms with Gasteiger partial charge in [-0.05, 0) is 31.5 Å². The summed E-state index contributed by atoms with van der Waals surface area (Å²) in [7, 11) is 0. The Hall–Kier alpha value is -2.90. The van der Waals surface area contributed by atoms with E-state index in [0.717, 1.165) is 22.0 Å². The van der Waals surface area contributed by atoms with Gasteiger partial charge in [0.1, 0.15) is 5.82 Å². The topological polar surface area (TPSA) is 78.4 Å². The molecule has 0 radical (unpaired) electrons. The van der Waals surface area contributed by atoms with Crippen molar-refractivity contribution in [2.75, 3.05) is 13.1 Å². The molecule has 2 N–H and O–H groups in total. The first-order valence-electron chi connectivity index (χ1n) is 10.1. The highest BCUT2D eigenvalue weighted by Crippen LogP contribution is 2.22. The molecule has 1 amide bonds. The predicted octanol–water partition coefficient (Wildman–Crippen LogP) is 2.54. The van der Waals surface area contributed by atoms with Crippen LogP contribution < -0.4 is 5.32 Å². The van der Waals surface area contributed by atoms with Crippen molar-refractivity contribution in [3.05, 3.63) is 71.3 Å². The first-order chi connectivity index (χ1) is 14.4. The Kier molecular flexibility index (Phi) is 5.74. The lowest BCUT2D eigenvalue weighted by Gasteiger charge is -2.41. The van der Waals surface area contributed by atoms with Crippen molar-refractivity contribution in [1.29, 1.82) is 0 Å². The quantitative estimate of drug-likeness (QED) is 0.655. The number of hydrogen-bond acceptors (Lipinski definition) is 5. The molecule has 1 fully saturated rings. The van der Waals surface area contributed by atoms with E-state index >= 15 is 0 Å². The summed E-state index contributed by atoms with van der Waals surface area (Å²) in [5.41, 5.74) is 1.67. The first-order valence-corrected chi connectivity index (χ1v) is 10.1. The Labute approximate surface area is 174 Å². The van der Waals surface area contributed by atoms with E-state index in [1.165, 1.54) is 6.07 Å². The zero-order valence-corrected chi connectivity index (χ0v) is 17.0. The van der Waals surface area contributed by atoms with E-state index in [1.807, 2.05) is 31.2 Å². The molecule has 1 aliphatic heterocycles. The van der Waals surface area contributed by atoms with Crippen LogP contribution in [0.5, 0.6) is 0 Å². The molecule has 1 saturated heterocycles. The number of amides is 1. The highest BCUT2D eigenvalue weighted by atomic mass is 19.1. The summed E-state index contributed by atoms with van der Waals surface area (Å²) < 4.78 is 14.4. The van der Waals surface area contributed by atoms with Gasteiger partial charge in [0.15, 0.2) is 0 Å². The minimum atomic E-state index is -0.526. The fourth-order valence-electron chi connectivity index (χ4n) is 3.69. The minimum absolute atomic E-state index is 0.0610. The van der Waals surface area contributed by atoms with Crippen LogP contribution in [0.2, 0.25) is 0 Å². The molecule has 4 rings (SSSR count). The molecule has 7 heteroatoms. The molecular weight excluding hydrogens is 383 g/mol. The van der Waals surface area contributed by atoms with E-state index in [0.29, 0.717) is 19.5 Å². The molecule has 2 atom stereocenters. The number of likely N-dealkylation sites (tertiary alicyclic amines) is 1. The highest BCUT2D eigenvalue weighted by Gasteiger charge is 2.33. The standard InChI is InChI=1S/C23H25FN4O2/c1-14(15(2)29)26-18-12-28(13-18)23(30)20-9-16(7-8-21(20)24)10-22-19-6-4-3-5-17(19)11-25-27-22/h3-9,11,14-15,18,26,29H,10,12-13H2,1-2H3. The molecule has 1 aromatic heterocycles. The number of benzene rings is 2. The molecule has 0 bridgehead atoms. The van der Waals surface area contributed by atoms with Gasteiger partial charge >= 0.3 is 0 Å². The van der Waals surface area contributed by atoms with E-state index in [-0.39, 0.29) is 23.6 Å². The van der Waals surface area contributed by atoms with E-state index in [1.54, 1.807) is 30.2 Å². The van der Waals surface area contributed by atoms with Gasteiger partial charge in [0.05, 0.1) is 23.6 Å². The number of aliphatic hydroxyl groups is 1. The Morgan fingerprint density at radius 2 is 2.03 bits per heavy atom. The van der Waals surface area contributed by atoms with Gasteiger partial charge in [0.25, 0.3) is 5.91 Å². The molecule has 2 heterocycles. The third-order valence-electron chi connectivity index (χ3n) is 5.67. The van der Waals surface area contributed by atoms with Crippen LogP contribution in [0.1, 0.15) is 35.5 Å². The van der Waals surface area contributed by atoms with Crippen LogP contribution in [0.15, 0.2) is 48.7 Å². The summed E-state index contributed by atoms with van der Waals surface area (Å²) in [4.78, 5) is 14.4. The number of fused-ring (bicyclic) bond motifs is 1. The van der Waals surface area contributed by atoms with Crippen LogP contribution in [0.25, 0.3) is 10.8 Å². The van der Waals surface area contributed by atoms with Gasteiger partial charge in [0.2, 0.25) is 0 Å². The number of carbonyl (C=O) groups excluding carboxylic acids is 1. The number of carbonyl (C=O) groups is 1. The molecule has 2 unspecified atom stereocenters. The molecule has 1 aliphatic rings. The second-order valence-corrected chi connectivity index (χ2v) is 7.97. The zero-order valence-electron chi connectivity index (χ0n) is 17.0. The van der Waals surface area contributed by atoms with E-state index < -0.39 is 11.9 Å². The Balaban J connectivity index is 1.48. The lowest BCUT2D eigenvalue weighted by atomic mass is 10.0. The smallest absolute Gasteiger partial charge is 0.256 e. The third-order valence-corrected chi connectivity index (χ3v) is 5.67. The number of hydrogen-bond donors (Lipinski definition) is 2. The summed E-state index contributed by atoms with van der Waals surface area (Å²) in [6.45, 7) is 4.61. The molecule has 3 aromatic rings. The maximum Gasteiger partial charge on any atom is 0.256 e. The van der Waals surface area contributed by atoms with Gasteiger partial charge in [0, 0.05) is 42.4 Å². The van der Waals surface area contributed by atoms with Crippen LogP contribution in [0, 0.1) is 5.82 Å². The third kappa shape index (κ3) is 4.17. The molecule has 0 spiro atoms. The normalized spacial score (nSPS) is 16.3. The monoisotopic (exact) mass is 408 g/mol.